The first-order valence-electron chi connectivity index (χ1n) is 2.80. The summed E-state index contributed by atoms with van der Waals surface area (Å²) in [4.78, 5) is 0. The summed E-state index contributed by atoms with van der Waals surface area (Å²) in [7, 11) is -6.09. The molecule has 1 atom stereocenters. The Balaban J connectivity index is 3.21. The molecule has 1 aliphatic heterocycles. The zero-order valence-corrected chi connectivity index (χ0v) is 8.95. The zero-order valence-electron chi connectivity index (χ0n) is 6.26. The molecular weight excluding hydrogens is 230 g/mol. The molecule has 1 heterocycles. The second-order valence-corrected chi connectivity index (χ2v) is 7.18. The van der Waals surface area contributed by atoms with E-state index < -0.39 is 15.5 Å². The van der Waals surface area contributed by atoms with Crippen molar-refractivity contribution in [3.05, 3.63) is 0 Å². The second-order valence-electron chi connectivity index (χ2n) is 2.16. The van der Waals surface area contributed by atoms with Gasteiger partial charge in [-0.1, -0.05) is 0 Å². The second kappa shape index (κ2) is 3.22. The van der Waals surface area contributed by atoms with Crippen molar-refractivity contribution in [3.63, 3.8) is 0 Å². The minimum Gasteiger partial charge on any atom is -0.232 e. The molecule has 12 heavy (non-hydrogen) atoms. The van der Waals surface area contributed by atoms with Gasteiger partial charge in [-0.2, -0.15) is 8.71 Å². The molecule has 0 aromatic heterocycles. The first kappa shape index (κ1) is 10.4. The highest BCUT2D eigenvalue weighted by molar-refractivity contribution is 7.73. The van der Waals surface area contributed by atoms with Crippen molar-refractivity contribution in [3.8, 4) is 0 Å². The Kier molecular flexibility index (Phi) is 2.79. The average Bonchev–Trinajstić information content (AvgIpc) is 1.83. The van der Waals surface area contributed by atoms with Crippen molar-refractivity contribution in [2.75, 3.05) is 14.1 Å². The minimum atomic E-state index is -4.74. The van der Waals surface area contributed by atoms with E-state index in [2.05, 4.69) is 13.5 Å². The highest BCUT2D eigenvalue weighted by atomic mass is 31.3. The molecule has 0 spiro atoms. The van der Waals surface area contributed by atoms with Crippen LogP contribution >= 0.6 is 24.0 Å². The Labute approximate surface area is 69.7 Å². The normalized spacial score (nSPS) is 34.2. The highest BCUT2D eigenvalue weighted by Crippen LogP contribution is 2.73. The van der Waals surface area contributed by atoms with Gasteiger partial charge >= 0.3 is 15.5 Å². The van der Waals surface area contributed by atoms with E-state index in [-0.39, 0.29) is 8.52 Å². The SMILES string of the molecule is CN(C)P1(F)=NP=NP(F)(F)=N1. The summed E-state index contributed by atoms with van der Waals surface area (Å²) in [5.74, 6) is 0. The third kappa shape index (κ3) is 2.17. The van der Waals surface area contributed by atoms with Gasteiger partial charge < -0.3 is 0 Å². The van der Waals surface area contributed by atoms with Crippen molar-refractivity contribution in [2.45, 2.75) is 0 Å². The molecular formula is C2H6F3N4P3. The Hall–Kier alpha value is 0.310. The number of hydrogen-bond acceptors (Lipinski definition) is 4. The number of halogens is 3. The predicted octanol–water partition coefficient (Wildman–Crippen LogP) is 4.41. The molecule has 0 saturated carbocycles. The van der Waals surface area contributed by atoms with Crippen LogP contribution < -0.4 is 0 Å². The Morgan fingerprint density at radius 1 is 1.25 bits per heavy atom. The molecule has 1 rings (SSSR count). The van der Waals surface area contributed by atoms with E-state index in [4.69, 9.17) is 0 Å². The van der Waals surface area contributed by atoms with Crippen LogP contribution in [0.2, 0.25) is 0 Å². The molecule has 1 unspecified atom stereocenters. The third-order valence-corrected chi connectivity index (χ3v) is 6.23. The van der Waals surface area contributed by atoms with Crippen molar-refractivity contribution in [2.24, 2.45) is 13.5 Å². The van der Waals surface area contributed by atoms with Crippen molar-refractivity contribution < 1.29 is 12.6 Å². The van der Waals surface area contributed by atoms with Gasteiger partial charge in [0.2, 0.25) is 0 Å². The molecule has 0 aromatic carbocycles. The van der Waals surface area contributed by atoms with Gasteiger partial charge in [-0.3, -0.25) is 0 Å². The van der Waals surface area contributed by atoms with Crippen LogP contribution in [0.3, 0.4) is 0 Å². The van der Waals surface area contributed by atoms with Crippen molar-refractivity contribution in [1.29, 1.82) is 0 Å². The maximum absolute atomic E-state index is 13.4. The summed E-state index contributed by atoms with van der Waals surface area (Å²) >= 11 is 0. The fraction of sp³-hybridized carbons (Fsp3) is 1.00. The lowest BCUT2D eigenvalue weighted by molar-refractivity contribution is 0.609. The molecule has 1 aliphatic rings. The summed E-state index contributed by atoms with van der Waals surface area (Å²) in [6, 6.07) is 0. The molecule has 0 amide bonds. The van der Waals surface area contributed by atoms with Crippen LogP contribution in [0.15, 0.2) is 13.5 Å². The largest absolute Gasteiger partial charge is 0.425 e. The van der Waals surface area contributed by atoms with Gasteiger partial charge in [0.25, 0.3) is 0 Å². The van der Waals surface area contributed by atoms with E-state index in [1.807, 2.05) is 0 Å². The van der Waals surface area contributed by atoms with Gasteiger partial charge in [0.15, 0.2) is 8.52 Å². The molecule has 0 fully saturated rings. The van der Waals surface area contributed by atoms with Crippen molar-refractivity contribution >= 4 is 24.0 Å². The highest BCUT2D eigenvalue weighted by Gasteiger charge is 2.31. The van der Waals surface area contributed by atoms with Crippen LogP contribution in [0.1, 0.15) is 0 Å². The summed E-state index contributed by atoms with van der Waals surface area (Å²) in [5.41, 5.74) is 0. The van der Waals surface area contributed by atoms with E-state index in [9.17, 15) is 12.6 Å². The summed E-state index contributed by atoms with van der Waals surface area (Å²) in [6.07, 6.45) is 0. The third-order valence-electron chi connectivity index (χ3n) is 1.03. The van der Waals surface area contributed by atoms with E-state index >= 15 is 0 Å². The Bertz CT molecular complexity index is 316. The molecule has 10 heteroatoms. The summed E-state index contributed by atoms with van der Waals surface area (Å²) in [5, 5.41) is 0. The van der Waals surface area contributed by atoms with E-state index in [1.54, 1.807) is 0 Å². The quantitative estimate of drug-likeness (QED) is 0.621. The fourth-order valence-corrected chi connectivity index (χ4v) is 5.01. The van der Waals surface area contributed by atoms with Crippen LogP contribution in [0.5, 0.6) is 0 Å². The maximum atomic E-state index is 13.4. The zero-order chi connectivity index (χ0) is 9.41. The predicted molar refractivity (Wildman–Crippen MR) is 45.1 cm³/mol. The molecule has 4 nitrogen and oxygen atoms in total. The number of nitrogens with zero attached hydrogens (tertiary/aromatic N) is 4. The van der Waals surface area contributed by atoms with Gasteiger partial charge in [-0.25, -0.2) is 4.67 Å². The molecule has 0 N–H and O–H groups in total. The maximum Gasteiger partial charge on any atom is 0.425 e. The summed E-state index contributed by atoms with van der Waals surface area (Å²) in [6.45, 7) is 0. The van der Waals surface area contributed by atoms with Gasteiger partial charge in [0.1, 0.15) is 0 Å². The monoisotopic (exact) mass is 236 g/mol. The minimum absolute atomic E-state index is 0.244. The van der Waals surface area contributed by atoms with Crippen molar-refractivity contribution in [1.82, 2.24) is 4.67 Å². The Morgan fingerprint density at radius 3 is 2.17 bits per heavy atom. The van der Waals surface area contributed by atoms with Crippen LogP contribution in [0.4, 0.5) is 12.6 Å². The van der Waals surface area contributed by atoms with Gasteiger partial charge in [-0.05, 0) is 14.1 Å². The smallest absolute Gasteiger partial charge is 0.232 e. The first-order valence-corrected chi connectivity index (χ1v) is 6.62. The standard InChI is InChI=1S/C2H6F3N4P3/c1-9(2)12(5)7-10-6-11(3,4)8-12/h1-2H3. The molecule has 0 bridgehead atoms. The van der Waals surface area contributed by atoms with Crippen LogP contribution in [-0.4, -0.2) is 18.8 Å². The molecule has 70 valence electrons. The number of hydrogen-bond donors (Lipinski definition) is 0. The van der Waals surface area contributed by atoms with E-state index in [1.165, 1.54) is 14.1 Å². The van der Waals surface area contributed by atoms with E-state index in [0.29, 0.717) is 0 Å². The number of rotatable bonds is 1. The molecule has 0 saturated heterocycles. The van der Waals surface area contributed by atoms with Gasteiger partial charge in [0.05, 0.1) is 0 Å². The lowest BCUT2D eigenvalue weighted by Gasteiger charge is -2.18. The van der Waals surface area contributed by atoms with Crippen LogP contribution in [-0.2, 0) is 0 Å². The molecule has 0 radical (unpaired) electrons. The topological polar surface area (TPSA) is 40.3 Å². The van der Waals surface area contributed by atoms with Crippen LogP contribution in [0.25, 0.3) is 0 Å². The fourth-order valence-electron chi connectivity index (χ4n) is 0.450. The first-order chi connectivity index (χ1) is 5.36. The molecule has 0 aromatic rings. The van der Waals surface area contributed by atoms with E-state index in [0.717, 1.165) is 4.67 Å². The lowest BCUT2D eigenvalue weighted by Crippen LogP contribution is -2.02. The lowest BCUT2D eigenvalue weighted by atomic mass is 11.3. The van der Waals surface area contributed by atoms with Gasteiger partial charge in [-0.15, -0.1) is 17.4 Å². The average molecular weight is 236 g/mol. The van der Waals surface area contributed by atoms with Crippen LogP contribution in [0, 0.1) is 0 Å². The van der Waals surface area contributed by atoms with Gasteiger partial charge in [0, 0.05) is 0 Å². The molecule has 0 aliphatic carbocycles. The summed E-state index contributed by atoms with van der Waals surface area (Å²) < 4.78 is 48.3. The Morgan fingerprint density at radius 2 is 1.83 bits per heavy atom.